The van der Waals surface area contributed by atoms with E-state index in [1.54, 1.807) is 36.3 Å². The van der Waals surface area contributed by atoms with Crippen LogP contribution >= 0.6 is 11.8 Å². The highest BCUT2D eigenvalue weighted by Gasteiger charge is 2.19. The van der Waals surface area contributed by atoms with E-state index in [1.165, 1.54) is 7.11 Å². The van der Waals surface area contributed by atoms with Crippen LogP contribution in [0.25, 0.3) is 0 Å². The fourth-order valence-electron chi connectivity index (χ4n) is 2.10. The number of pyridine rings is 1. The minimum atomic E-state index is -0.481. The number of rotatable bonds is 6. The number of anilines is 1. The Morgan fingerprint density at radius 3 is 2.58 bits per heavy atom. The average molecular weight is 345 g/mol. The van der Waals surface area contributed by atoms with Gasteiger partial charge in [0, 0.05) is 11.1 Å². The van der Waals surface area contributed by atoms with Crippen LogP contribution in [0.2, 0.25) is 0 Å². The Bertz CT molecular complexity index is 677. The van der Waals surface area contributed by atoms with Crippen molar-refractivity contribution in [2.75, 3.05) is 18.7 Å². The van der Waals surface area contributed by atoms with Gasteiger partial charge in [-0.3, -0.25) is 9.78 Å². The minimum absolute atomic E-state index is 0.0512. The summed E-state index contributed by atoms with van der Waals surface area (Å²) in [5, 5.41) is 5.49. The quantitative estimate of drug-likeness (QED) is 0.621. The van der Waals surface area contributed by atoms with Crippen molar-refractivity contribution in [1.82, 2.24) is 10.3 Å². The highest BCUT2D eigenvalue weighted by molar-refractivity contribution is 7.98. The SMILES string of the molecule is COC(=O)C[C@H](NC(=O)Nc1cccnc1)c1ccc(SC)cc1. The van der Waals surface area contributed by atoms with Crippen LogP contribution < -0.4 is 10.6 Å². The average Bonchev–Trinajstić information content (AvgIpc) is 2.62. The van der Waals surface area contributed by atoms with E-state index >= 15 is 0 Å². The van der Waals surface area contributed by atoms with Crippen molar-refractivity contribution in [2.24, 2.45) is 0 Å². The predicted octanol–water partition coefficient (Wildman–Crippen LogP) is 3.23. The number of urea groups is 1. The van der Waals surface area contributed by atoms with Crippen LogP contribution in [-0.2, 0) is 9.53 Å². The molecule has 24 heavy (non-hydrogen) atoms. The number of amides is 2. The summed E-state index contributed by atoms with van der Waals surface area (Å²) >= 11 is 1.63. The number of aromatic nitrogens is 1. The molecule has 0 aliphatic heterocycles. The molecule has 1 aromatic carbocycles. The molecule has 126 valence electrons. The molecule has 0 aliphatic rings. The van der Waals surface area contributed by atoms with Crippen LogP contribution in [0.15, 0.2) is 53.7 Å². The lowest BCUT2D eigenvalue weighted by Crippen LogP contribution is -2.34. The van der Waals surface area contributed by atoms with Crippen molar-refractivity contribution in [3.8, 4) is 0 Å². The molecule has 0 fully saturated rings. The number of nitrogens with zero attached hydrogens (tertiary/aromatic N) is 1. The summed E-state index contributed by atoms with van der Waals surface area (Å²) in [6, 6.07) is 10.2. The second kappa shape index (κ2) is 8.93. The van der Waals surface area contributed by atoms with E-state index in [0.29, 0.717) is 5.69 Å². The van der Waals surface area contributed by atoms with Crippen molar-refractivity contribution in [3.63, 3.8) is 0 Å². The van der Waals surface area contributed by atoms with Gasteiger partial charge in [0.1, 0.15) is 0 Å². The van der Waals surface area contributed by atoms with Crippen LogP contribution in [0.1, 0.15) is 18.0 Å². The minimum Gasteiger partial charge on any atom is -0.469 e. The van der Waals surface area contributed by atoms with E-state index in [0.717, 1.165) is 10.5 Å². The molecule has 2 rings (SSSR count). The first-order valence-electron chi connectivity index (χ1n) is 7.30. The molecule has 1 atom stereocenters. The Kier molecular flexibility index (Phi) is 6.62. The van der Waals surface area contributed by atoms with Crippen LogP contribution in [0.4, 0.5) is 10.5 Å². The van der Waals surface area contributed by atoms with Gasteiger partial charge in [-0.1, -0.05) is 12.1 Å². The number of nitrogens with one attached hydrogen (secondary N) is 2. The number of esters is 1. The maximum atomic E-state index is 12.2. The van der Waals surface area contributed by atoms with Crippen LogP contribution in [-0.4, -0.2) is 30.3 Å². The molecular weight excluding hydrogens is 326 g/mol. The number of thioether (sulfide) groups is 1. The van der Waals surface area contributed by atoms with Crippen molar-refractivity contribution < 1.29 is 14.3 Å². The highest BCUT2D eigenvalue weighted by atomic mass is 32.2. The van der Waals surface area contributed by atoms with Gasteiger partial charge in [0.05, 0.1) is 31.5 Å². The zero-order chi connectivity index (χ0) is 17.4. The Morgan fingerprint density at radius 2 is 2.00 bits per heavy atom. The number of ether oxygens (including phenoxy) is 1. The lowest BCUT2D eigenvalue weighted by atomic mass is 10.0. The number of hydrogen-bond acceptors (Lipinski definition) is 5. The fourth-order valence-corrected chi connectivity index (χ4v) is 2.51. The molecular formula is C17H19N3O3S. The summed E-state index contributed by atoms with van der Waals surface area (Å²) in [4.78, 5) is 28.9. The molecule has 2 amide bonds. The topological polar surface area (TPSA) is 80.3 Å². The monoisotopic (exact) mass is 345 g/mol. The van der Waals surface area contributed by atoms with Crippen molar-refractivity contribution in [1.29, 1.82) is 0 Å². The molecule has 0 bridgehead atoms. The molecule has 6 nitrogen and oxygen atoms in total. The summed E-state index contributed by atoms with van der Waals surface area (Å²) < 4.78 is 4.72. The zero-order valence-corrected chi connectivity index (χ0v) is 14.3. The molecule has 0 spiro atoms. The number of benzene rings is 1. The first-order valence-corrected chi connectivity index (χ1v) is 8.53. The van der Waals surface area contributed by atoms with E-state index in [-0.39, 0.29) is 6.42 Å². The van der Waals surface area contributed by atoms with Gasteiger partial charge >= 0.3 is 12.0 Å². The Labute approximate surface area is 145 Å². The number of carbonyl (C=O) groups is 2. The Hall–Kier alpha value is -2.54. The number of carbonyl (C=O) groups excluding carboxylic acids is 2. The molecule has 7 heteroatoms. The van der Waals surface area contributed by atoms with E-state index in [2.05, 4.69) is 15.6 Å². The summed E-state index contributed by atoms with van der Waals surface area (Å²) in [6.45, 7) is 0. The molecule has 2 N–H and O–H groups in total. The van der Waals surface area contributed by atoms with Crippen molar-refractivity contribution in [3.05, 3.63) is 54.4 Å². The van der Waals surface area contributed by atoms with E-state index in [4.69, 9.17) is 4.74 Å². The van der Waals surface area contributed by atoms with Crippen LogP contribution in [0.3, 0.4) is 0 Å². The normalized spacial score (nSPS) is 11.4. The molecule has 0 aliphatic carbocycles. The molecule has 0 saturated carbocycles. The summed E-state index contributed by atoms with van der Waals surface area (Å²) in [7, 11) is 1.33. The maximum Gasteiger partial charge on any atom is 0.319 e. The lowest BCUT2D eigenvalue weighted by molar-refractivity contribution is -0.141. The van der Waals surface area contributed by atoms with Crippen molar-refractivity contribution in [2.45, 2.75) is 17.4 Å². The Balaban J connectivity index is 2.09. The summed E-state index contributed by atoms with van der Waals surface area (Å²) in [6.07, 6.45) is 5.20. The van der Waals surface area contributed by atoms with Gasteiger partial charge in [0.15, 0.2) is 0 Å². The molecule has 0 saturated heterocycles. The summed E-state index contributed by atoms with van der Waals surface area (Å²) in [5.41, 5.74) is 1.41. The molecule has 2 aromatic rings. The fraction of sp³-hybridized carbons (Fsp3) is 0.235. The third-order valence-electron chi connectivity index (χ3n) is 3.34. The van der Waals surface area contributed by atoms with Gasteiger partial charge < -0.3 is 15.4 Å². The second-order valence-corrected chi connectivity index (χ2v) is 5.83. The third kappa shape index (κ3) is 5.27. The molecule has 1 heterocycles. The van der Waals surface area contributed by atoms with Gasteiger partial charge in [-0.05, 0) is 36.1 Å². The number of methoxy groups -OCH3 is 1. The van der Waals surface area contributed by atoms with Gasteiger partial charge in [0.25, 0.3) is 0 Å². The highest BCUT2D eigenvalue weighted by Crippen LogP contribution is 2.22. The first kappa shape index (κ1) is 17.8. The number of hydrogen-bond donors (Lipinski definition) is 2. The van der Waals surface area contributed by atoms with Gasteiger partial charge in [-0.15, -0.1) is 11.8 Å². The summed E-state index contributed by atoms with van der Waals surface area (Å²) in [5.74, 6) is -0.393. The second-order valence-electron chi connectivity index (χ2n) is 4.95. The van der Waals surface area contributed by atoms with Crippen LogP contribution in [0.5, 0.6) is 0 Å². The van der Waals surface area contributed by atoms with Crippen molar-refractivity contribution >= 4 is 29.4 Å². The smallest absolute Gasteiger partial charge is 0.319 e. The van der Waals surface area contributed by atoms with Crippen LogP contribution in [0, 0.1) is 0 Å². The standard InChI is InChI=1S/C17H19N3O3S/c1-23-16(21)10-15(12-5-7-14(24-2)8-6-12)20-17(22)19-13-4-3-9-18-11-13/h3-9,11,15H,10H2,1-2H3,(H2,19,20,22)/t15-/m0/s1. The van der Waals surface area contributed by atoms with Gasteiger partial charge in [0.2, 0.25) is 0 Å². The molecule has 0 unspecified atom stereocenters. The first-order chi connectivity index (χ1) is 11.6. The van der Waals surface area contributed by atoms with E-state index < -0.39 is 18.0 Å². The molecule has 1 aromatic heterocycles. The van der Waals surface area contributed by atoms with E-state index in [9.17, 15) is 9.59 Å². The predicted molar refractivity (Wildman–Crippen MR) is 94.0 cm³/mol. The molecule has 0 radical (unpaired) electrons. The maximum absolute atomic E-state index is 12.2. The van der Waals surface area contributed by atoms with Gasteiger partial charge in [-0.25, -0.2) is 4.79 Å². The van der Waals surface area contributed by atoms with E-state index in [1.807, 2.05) is 30.5 Å². The largest absolute Gasteiger partial charge is 0.469 e. The third-order valence-corrected chi connectivity index (χ3v) is 4.08. The zero-order valence-electron chi connectivity index (χ0n) is 13.5. The Morgan fingerprint density at radius 1 is 1.25 bits per heavy atom. The van der Waals surface area contributed by atoms with Gasteiger partial charge in [-0.2, -0.15) is 0 Å². The lowest BCUT2D eigenvalue weighted by Gasteiger charge is -2.19.